The minimum atomic E-state index is 1.51. The molecule has 0 spiro atoms. The first kappa shape index (κ1) is 4.76. The fraction of sp³-hybridized carbons (Fsp3) is 0.333. The van der Waals surface area contributed by atoms with Gasteiger partial charge in [-0.05, 0) is 0 Å². The lowest BCUT2D eigenvalue weighted by atomic mass is 10.0. The van der Waals surface area contributed by atoms with Crippen LogP contribution in [0.1, 0.15) is 0 Å². The monoisotopic (exact) mass is 69.1 g/mol. The molecule has 0 N–H and O–H groups in total. The molecule has 0 saturated heterocycles. The average molecular weight is 68.9 g/mol. The van der Waals surface area contributed by atoms with Gasteiger partial charge in [0.2, 0.25) is 0 Å². The van der Waals surface area contributed by atoms with E-state index in [0.29, 0.717) is 0 Å². The first-order chi connectivity index (χ1) is 2.41. The largest absolute Gasteiger partial charge is 0.438 e. The van der Waals surface area contributed by atoms with E-state index < -0.39 is 0 Å². The van der Waals surface area contributed by atoms with E-state index >= 15 is 0 Å². The first-order valence-electron chi connectivity index (χ1n) is 1.39. The fourth-order valence-corrected chi connectivity index (χ4v) is 0.0962. The van der Waals surface area contributed by atoms with Gasteiger partial charge in [-0.15, -0.1) is 6.58 Å². The van der Waals surface area contributed by atoms with Crippen LogP contribution in [0, 0.1) is 0 Å². The van der Waals surface area contributed by atoms with Gasteiger partial charge < -0.3 is 4.65 Å². The minimum absolute atomic E-state index is 1.51. The maximum atomic E-state index is 4.45. The molecule has 0 amide bonds. The molecule has 1 radical (unpaired) electrons. The van der Waals surface area contributed by atoms with Gasteiger partial charge in [0, 0.05) is 7.11 Å². The predicted octanol–water partition coefficient (Wildman–Crippen LogP) is 0.395. The van der Waals surface area contributed by atoms with Crippen molar-refractivity contribution in [3.63, 3.8) is 0 Å². The number of rotatable bonds is 2. The standard InChI is InChI=1S/C3H6BO/c1-3-4-5-2/h3H,1H2,2H3. The van der Waals surface area contributed by atoms with E-state index in [4.69, 9.17) is 0 Å². The van der Waals surface area contributed by atoms with Crippen molar-refractivity contribution in [1.29, 1.82) is 0 Å². The Bertz CT molecular complexity index is 28.1. The highest BCUT2D eigenvalue weighted by molar-refractivity contribution is 6.33. The van der Waals surface area contributed by atoms with Crippen LogP contribution in [-0.4, -0.2) is 14.6 Å². The molecular weight excluding hydrogens is 62.8 g/mol. The summed E-state index contributed by atoms with van der Waals surface area (Å²) in [5.41, 5.74) is 0. The van der Waals surface area contributed by atoms with Crippen molar-refractivity contribution < 1.29 is 4.65 Å². The van der Waals surface area contributed by atoms with E-state index in [-0.39, 0.29) is 0 Å². The van der Waals surface area contributed by atoms with Crippen molar-refractivity contribution in [2.24, 2.45) is 0 Å². The molecule has 0 aromatic rings. The van der Waals surface area contributed by atoms with E-state index in [1.165, 1.54) is 7.48 Å². The molecular formula is C3H6BO. The van der Waals surface area contributed by atoms with Crippen LogP contribution >= 0.6 is 0 Å². The molecule has 5 heavy (non-hydrogen) atoms. The molecule has 0 aliphatic carbocycles. The molecule has 0 aromatic heterocycles. The van der Waals surface area contributed by atoms with Crippen molar-refractivity contribution in [2.45, 2.75) is 0 Å². The smallest absolute Gasteiger partial charge is 0.321 e. The Labute approximate surface area is 32.9 Å². The van der Waals surface area contributed by atoms with Gasteiger partial charge in [-0.3, -0.25) is 0 Å². The zero-order chi connectivity index (χ0) is 4.12. The van der Waals surface area contributed by atoms with Crippen LogP contribution in [0.25, 0.3) is 0 Å². The molecule has 0 aliphatic heterocycles. The van der Waals surface area contributed by atoms with Gasteiger partial charge in [0.05, 0.1) is 0 Å². The van der Waals surface area contributed by atoms with Crippen LogP contribution in [-0.2, 0) is 4.65 Å². The molecule has 0 aromatic carbocycles. The van der Waals surface area contributed by atoms with E-state index in [2.05, 4.69) is 11.2 Å². The second-order valence-electron chi connectivity index (χ2n) is 0.607. The Kier molecular flexibility index (Phi) is 3.59. The summed E-state index contributed by atoms with van der Waals surface area (Å²) in [6.07, 6.45) is 0. The molecule has 0 heterocycles. The molecule has 0 bridgehead atoms. The highest BCUT2D eigenvalue weighted by Gasteiger charge is 1.67. The summed E-state index contributed by atoms with van der Waals surface area (Å²) in [5.74, 6) is 1.58. The summed E-state index contributed by atoms with van der Waals surface area (Å²) < 4.78 is 4.45. The lowest BCUT2D eigenvalue weighted by Gasteiger charge is -1.75. The van der Waals surface area contributed by atoms with Crippen LogP contribution in [0.5, 0.6) is 0 Å². The van der Waals surface area contributed by atoms with E-state index in [1.54, 1.807) is 13.1 Å². The normalized spacial score (nSPS) is 6.60. The number of hydrogen-bond acceptors (Lipinski definition) is 1. The molecule has 2 heteroatoms. The molecule has 0 atom stereocenters. The van der Waals surface area contributed by atoms with Crippen LogP contribution in [0.3, 0.4) is 0 Å². The highest BCUT2D eigenvalue weighted by atomic mass is 16.4. The Morgan fingerprint density at radius 2 is 2.60 bits per heavy atom. The van der Waals surface area contributed by atoms with Crippen LogP contribution in [0.15, 0.2) is 12.6 Å². The first-order valence-corrected chi connectivity index (χ1v) is 1.39. The topological polar surface area (TPSA) is 9.23 Å². The third kappa shape index (κ3) is 3.76. The summed E-state index contributed by atoms with van der Waals surface area (Å²) in [7, 11) is 3.10. The van der Waals surface area contributed by atoms with E-state index in [9.17, 15) is 0 Å². The second-order valence-corrected chi connectivity index (χ2v) is 0.607. The Hall–Kier alpha value is -0.235. The highest BCUT2D eigenvalue weighted by Crippen LogP contribution is 1.55. The maximum Gasteiger partial charge on any atom is 0.321 e. The molecule has 0 unspecified atom stereocenters. The van der Waals surface area contributed by atoms with Crippen molar-refractivity contribution in [2.75, 3.05) is 7.11 Å². The molecule has 0 saturated carbocycles. The summed E-state index contributed by atoms with van der Waals surface area (Å²) in [6, 6.07) is 0. The Balaban J connectivity index is 2.40. The van der Waals surface area contributed by atoms with Crippen LogP contribution < -0.4 is 0 Å². The predicted molar refractivity (Wildman–Crippen MR) is 23.0 cm³/mol. The SMILES string of the molecule is C=C[B]OC. The summed E-state index contributed by atoms with van der Waals surface area (Å²) in [5, 5.41) is 0. The zero-order valence-electron chi connectivity index (χ0n) is 3.27. The summed E-state index contributed by atoms with van der Waals surface area (Å²) in [4.78, 5) is 0. The fourth-order valence-electron chi connectivity index (χ4n) is 0.0962. The van der Waals surface area contributed by atoms with Gasteiger partial charge in [-0.1, -0.05) is 5.98 Å². The van der Waals surface area contributed by atoms with E-state index in [0.717, 1.165) is 0 Å². The molecule has 1 nitrogen and oxygen atoms in total. The lowest BCUT2D eigenvalue weighted by molar-refractivity contribution is 0.449. The van der Waals surface area contributed by atoms with Crippen molar-refractivity contribution >= 4 is 7.48 Å². The minimum Gasteiger partial charge on any atom is -0.438 e. The lowest BCUT2D eigenvalue weighted by Crippen LogP contribution is -1.83. The molecule has 0 fully saturated rings. The number of hydrogen-bond donors (Lipinski definition) is 0. The van der Waals surface area contributed by atoms with Crippen molar-refractivity contribution in [3.8, 4) is 0 Å². The van der Waals surface area contributed by atoms with Crippen LogP contribution in [0.2, 0.25) is 0 Å². The quantitative estimate of drug-likeness (QED) is 0.426. The Morgan fingerprint density at radius 1 is 2.00 bits per heavy atom. The van der Waals surface area contributed by atoms with Gasteiger partial charge in [-0.2, -0.15) is 0 Å². The molecule has 0 aliphatic rings. The third-order valence-electron chi connectivity index (χ3n) is 0.232. The Morgan fingerprint density at radius 3 is 2.60 bits per heavy atom. The molecule has 0 rings (SSSR count). The van der Waals surface area contributed by atoms with E-state index in [1.807, 2.05) is 0 Å². The average Bonchev–Trinajstić information content (AvgIpc) is 1.41. The van der Waals surface area contributed by atoms with Gasteiger partial charge in [0.1, 0.15) is 0 Å². The summed E-state index contributed by atoms with van der Waals surface area (Å²) >= 11 is 0. The summed E-state index contributed by atoms with van der Waals surface area (Å²) in [6.45, 7) is 3.37. The van der Waals surface area contributed by atoms with Gasteiger partial charge in [0.25, 0.3) is 0 Å². The van der Waals surface area contributed by atoms with Crippen molar-refractivity contribution in [1.82, 2.24) is 0 Å². The van der Waals surface area contributed by atoms with Crippen molar-refractivity contribution in [3.05, 3.63) is 12.6 Å². The maximum absolute atomic E-state index is 4.45. The second kappa shape index (κ2) is 3.76. The molecule has 27 valence electrons. The van der Waals surface area contributed by atoms with Gasteiger partial charge in [-0.25, -0.2) is 0 Å². The van der Waals surface area contributed by atoms with Gasteiger partial charge in [0.15, 0.2) is 0 Å². The van der Waals surface area contributed by atoms with Gasteiger partial charge >= 0.3 is 7.48 Å². The zero-order valence-corrected chi connectivity index (χ0v) is 3.27. The third-order valence-corrected chi connectivity index (χ3v) is 0.232. The van der Waals surface area contributed by atoms with Crippen LogP contribution in [0.4, 0.5) is 0 Å².